The van der Waals surface area contributed by atoms with Gasteiger partial charge in [0.25, 0.3) is 0 Å². The molecule has 0 unspecified atom stereocenters. The topological polar surface area (TPSA) is 15.7 Å². The molecule has 0 spiro atoms. The van der Waals surface area contributed by atoms with Crippen LogP contribution in [-0.4, -0.2) is 62.8 Å². The summed E-state index contributed by atoms with van der Waals surface area (Å²) in [4.78, 5) is 5.20. The van der Waals surface area contributed by atoms with E-state index in [1.54, 1.807) is 7.11 Å². The zero-order valence-corrected chi connectivity index (χ0v) is 11.1. The maximum atomic E-state index is 5.07. The molecule has 96 valence electrons. The zero-order valence-electron chi connectivity index (χ0n) is 11.1. The van der Waals surface area contributed by atoms with Crippen molar-refractivity contribution in [1.29, 1.82) is 0 Å². The molecule has 0 bridgehead atoms. The SMILES string of the molecule is CCCCN1CCN(CCCCOC)CC1. The summed E-state index contributed by atoms with van der Waals surface area (Å²) in [5.41, 5.74) is 0. The molecule has 1 saturated heterocycles. The minimum absolute atomic E-state index is 0.913. The number of piperazine rings is 1. The molecule has 1 heterocycles. The number of methoxy groups -OCH3 is 1. The molecule has 0 saturated carbocycles. The quantitative estimate of drug-likeness (QED) is 0.590. The third-order valence-corrected chi connectivity index (χ3v) is 3.37. The van der Waals surface area contributed by atoms with Gasteiger partial charge in [0.05, 0.1) is 0 Å². The van der Waals surface area contributed by atoms with Crippen molar-refractivity contribution in [2.75, 3.05) is 53.0 Å². The maximum absolute atomic E-state index is 5.07. The smallest absolute Gasteiger partial charge is 0.0462 e. The van der Waals surface area contributed by atoms with Gasteiger partial charge in [-0.2, -0.15) is 0 Å². The molecule has 0 atom stereocenters. The standard InChI is InChI=1S/C13H28N2O/c1-3-4-7-14-9-11-15(12-10-14)8-5-6-13-16-2/h3-13H2,1-2H3. The highest BCUT2D eigenvalue weighted by atomic mass is 16.5. The van der Waals surface area contributed by atoms with Crippen LogP contribution in [0.4, 0.5) is 0 Å². The van der Waals surface area contributed by atoms with E-state index in [1.165, 1.54) is 65.0 Å². The Morgan fingerprint density at radius 2 is 1.44 bits per heavy atom. The molecule has 0 amide bonds. The molecule has 0 aliphatic carbocycles. The molecule has 3 heteroatoms. The highest BCUT2D eigenvalue weighted by Gasteiger charge is 2.15. The van der Waals surface area contributed by atoms with Crippen LogP contribution in [0.1, 0.15) is 32.6 Å². The molecule has 16 heavy (non-hydrogen) atoms. The van der Waals surface area contributed by atoms with Gasteiger partial charge < -0.3 is 14.5 Å². The van der Waals surface area contributed by atoms with Crippen LogP contribution in [0.25, 0.3) is 0 Å². The summed E-state index contributed by atoms with van der Waals surface area (Å²) in [5, 5.41) is 0. The molecule has 1 aliphatic rings. The maximum Gasteiger partial charge on any atom is 0.0462 e. The van der Waals surface area contributed by atoms with E-state index in [2.05, 4.69) is 16.7 Å². The van der Waals surface area contributed by atoms with Crippen LogP contribution in [0.2, 0.25) is 0 Å². The summed E-state index contributed by atoms with van der Waals surface area (Å²) in [7, 11) is 1.78. The average Bonchev–Trinajstić information content (AvgIpc) is 2.33. The second-order valence-electron chi connectivity index (χ2n) is 4.74. The molecule has 1 fully saturated rings. The van der Waals surface area contributed by atoms with Crippen molar-refractivity contribution in [2.24, 2.45) is 0 Å². The summed E-state index contributed by atoms with van der Waals surface area (Å²) in [6.45, 7) is 10.8. The molecule has 0 aromatic heterocycles. The third-order valence-electron chi connectivity index (χ3n) is 3.37. The first kappa shape index (κ1) is 13.9. The summed E-state index contributed by atoms with van der Waals surface area (Å²) in [6.07, 6.45) is 5.15. The Balaban J connectivity index is 1.98. The van der Waals surface area contributed by atoms with E-state index in [0.29, 0.717) is 0 Å². The number of unbranched alkanes of at least 4 members (excludes halogenated alkanes) is 2. The normalized spacial score (nSPS) is 19.1. The van der Waals surface area contributed by atoms with Gasteiger partial charge in [0.15, 0.2) is 0 Å². The van der Waals surface area contributed by atoms with Crippen LogP contribution in [-0.2, 0) is 4.74 Å². The van der Waals surface area contributed by atoms with Crippen molar-refractivity contribution >= 4 is 0 Å². The predicted octanol–water partition coefficient (Wildman–Crippen LogP) is 1.83. The van der Waals surface area contributed by atoms with E-state index in [-0.39, 0.29) is 0 Å². The fraction of sp³-hybridized carbons (Fsp3) is 1.00. The van der Waals surface area contributed by atoms with Crippen LogP contribution in [0.5, 0.6) is 0 Å². The van der Waals surface area contributed by atoms with Crippen molar-refractivity contribution in [3.63, 3.8) is 0 Å². The lowest BCUT2D eigenvalue weighted by Crippen LogP contribution is -2.46. The van der Waals surface area contributed by atoms with Gasteiger partial charge in [-0.25, -0.2) is 0 Å². The fourth-order valence-corrected chi connectivity index (χ4v) is 2.20. The van der Waals surface area contributed by atoms with Crippen LogP contribution in [0.15, 0.2) is 0 Å². The Labute approximate surface area is 101 Å². The zero-order chi connectivity index (χ0) is 11.6. The summed E-state index contributed by atoms with van der Waals surface area (Å²) in [6, 6.07) is 0. The van der Waals surface area contributed by atoms with Gasteiger partial charge in [-0.3, -0.25) is 0 Å². The number of nitrogens with zero attached hydrogens (tertiary/aromatic N) is 2. The molecule has 0 aromatic carbocycles. The van der Waals surface area contributed by atoms with Gasteiger partial charge in [0.2, 0.25) is 0 Å². The minimum atomic E-state index is 0.913. The molecule has 1 aliphatic heterocycles. The summed E-state index contributed by atoms with van der Waals surface area (Å²) in [5.74, 6) is 0. The van der Waals surface area contributed by atoms with E-state index in [9.17, 15) is 0 Å². The number of hydrogen-bond acceptors (Lipinski definition) is 3. The Morgan fingerprint density at radius 1 is 0.875 bits per heavy atom. The second kappa shape index (κ2) is 8.97. The fourth-order valence-electron chi connectivity index (χ4n) is 2.20. The molecular formula is C13H28N2O. The number of hydrogen-bond donors (Lipinski definition) is 0. The van der Waals surface area contributed by atoms with E-state index in [4.69, 9.17) is 4.74 Å². The van der Waals surface area contributed by atoms with Crippen molar-refractivity contribution in [1.82, 2.24) is 9.80 Å². The highest BCUT2D eigenvalue weighted by Crippen LogP contribution is 2.05. The van der Waals surface area contributed by atoms with Gasteiger partial charge in [-0.05, 0) is 32.4 Å². The van der Waals surface area contributed by atoms with Gasteiger partial charge in [-0.15, -0.1) is 0 Å². The lowest BCUT2D eigenvalue weighted by atomic mass is 10.2. The monoisotopic (exact) mass is 228 g/mol. The van der Waals surface area contributed by atoms with Crippen molar-refractivity contribution in [2.45, 2.75) is 32.6 Å². The van der Waals surface area contributed by atoms with E-state index < -0.39 is 0 Å². The lowest BCUT2D eigenvalue weighted by molar-refractivity contribution is 0.125. The van der Waals surface area contributed by atoms with Gasteiger partial charge in [0, 0.05) is 39.9 Å². The molecule has 0 aromatic rings. The number of ether oxygens (including phenoxy) is 1. The molecule has 0 N–H and O–H groups in total. The molecule has 3 nitrogen and oxygen atoms in total. The Bertz CT molecular complexity index is 156. The van der Waals surface area contributed by atoms with Crippen LogP contribution in [0.3, 0.4) is 0 Å². The average molecular weight is 228 g/mol. The molecule has 1 rings (SSSR count). The number of rotatable bonds is 8. The van der Waals surface area contributed by atoms with Gasteiger partial charge in [-0.1, -0.05) is 13.3 Å². The Kier molecular flexibility index (Phi) is 7.81. The summed E-state index contributed by atoms with van der Waals surface area (Å²) >= 11 is 0. The van der Waals surface area contributed by atoms with Crippen molar-refractivity contribution < 1.29 is 4.74 Å². The first-order valence-electron chi connectivity index (χ1n) is 6.80. The first-order chi connectivity index (χ1) is 7.86. The van der Waals surface area contributed by atoms with Gasteiger partial charge >= 0.3 is 0 Å². The Morgan fingerprint density at radius 3 is 1.94 bits per heavy atom. The van der Waals surface area contributed by atoms with Crippen molar-refractivity contribution in [3.05, 3.63) is 0 Å². The van der Waals surface area contributed by atoms with E-state index >= 15 is 0 Å². The highest BCUT2D eigenvalue weighted by molar-refractivity contribution is 4.71. The van der Waals surface area contributed by atoms with Crippen LogP contribution in [0, 0.1) is 0 Å². The van der Waals surface area contributed by atoms with Crippen LogP contribution >= 0.6 is 0 Å². The third kappa shape index (κ3) is 5.83. The molecular weight excluding hydrogens is 200 g/mol. The summed E-state index contributed by atoms with van der Waals surface area (Å²) < 4.78 is 5.07. The van der Waals surface area contributed by atoms with E-state index in [0.717, 1.165) is 6.61 Å². The lowest BCUT2D eigenvalue weighted by Gasteiger charge is -2.34. The molecule has 0 radical (unpaired) electrons. The van der Waals surface area contributed by atoms with Crippen molar-refractivity contribution in [3.8, 4) is 0 Å². The van der Waals surface area contributed by atoms with Crippen LogP contribution < -0.4 is 0 Å². The van der Waals surface area contributed by atoms with Gasteiger partial charge in [0.1, 0.15) is 0 Å². The minimum Gasteiger partial charge on any atom is -0.385 e. The second-order valence-corrected chi connectivity index (χ2v) is 4.74. The Hall–Kier alpha value is -0.120. The first-order valence-corrected chi connectivity index (χ1v) is 6.80. The largest absolute Gasteiger partial charge is 0.385 e. The van der Waals surface area contributed by atoms with E-state index in [1.807, 2.05) is 0 Å². The predicted molar refractivity (Wildman–Crippen MR) is 68.9 cm³/mol.